The van der Waals surface area contributed by atoms with Crippen LogP contribution < -0.4 is 11.5 Å². The summed E-state index contributed by atoms with van der Waals surface area (Å²) < 4.78 is 22.0. The van der Waals surface area contributed by atoms with Gasteiger partial charge in [-0.25, -0.2) is 0 Å². The molecule has 2 rings (SSSR count). The van der Waals surface area contributed by atoms with E-state index in [-0.39, 0.29) is 18.1 Å². The fraction of sp³-hybridized carbons (Fsp3) is 0.571. The third-order valence-corrected chi connectivity index (χ3v) is 3.55. The Balaban J connectivity index is 2.41. The van der Waals surface area contributed by atoms with Gasteiger partial charge in [0, 0.05) is 20.8 Å². The molecule has 27 heavy (non-hydrogen) atoms. The lowest BCUT2D eigenvalue weighted by molar-refractivity contribution is -0.166. The Morgan fingerprint density at radius 2 is 1.67 bits per heavy atom. The smallest absolute Gasteiger partial charge is 0.303 e. The van der Waals surface area contributed by atoms with E-state index >= 15 is 0 Å². The maximum atomic E-state index is 11.5. The van der Waals surface area contributed by atoms with E-state index in [0.717, 1.165) is 18.5 Å². The Morgan fingerprint density at radius 3 is 2.15 bits per heavy atom. The third-order valence-electron chi connectivity index (χ3n) is 3.55. The van der Waals surface area contributed by atoms with Crippen LogP contribution in [0.5, 0.6) is 0 Å². The molecule has 0 aromatic carbocycles. The van der Waals surface area contributed by atoms with E-state index in [2.05, 4.69) is 10.3 Å². The standard InChI is InChI=1S/C14H19N5O8/c1-5(20)24-4-8-10(25-6(2)21)11(26-7(3)22)14(27-8)19-12(15)9(13(16)23)17-18-19/h8,10-11,14H,4,15H2,1-3H3,(H2,16,23)/t8-,10-,11-,14-/m1/s1. The van der Waals surface area contributed by atoms with Crippen LogP contribution in [0.2, 0.25) is 0 Å². The monoisotopic (exact) mass is 385 g/mol. The highest BCUT2D eigenvalue weighted by atomic mass is 16.7. The maximum absolute atomic E-state index is 11.5. The number of hydrogen-bond donors (Lipinski definition) is 2. The number of carbonyl (C=O) groups excluding carboxylic acids is 4. The van der Waals surface area contributed by atoms with Gasteiger partial charge in [-0.2, -0.15) is 4.68 Å². The Morgan fingerprint density at radius 1 is 1.07 bits per heavy atom. The Hall–Kier alpha value is -3.22. The van der Waals surface area contributed by atoms with E-state index in [0.29, 0.717) is 0 Å². The average Bonchev–Trinajstić information content (AvgIpc) is 3.06. The highest BCUT2D eigenvalue weighted by Gasteiger charge is 2.51. The zero-order valence-electron chi connectivity index (χ0n) is 14.8. The highest BCUT2D eigenvalue weighted by Crippen LogP contribution is 2.35. The summed E-state index contributed by atoms with van der Waals surface area (Å²) in [4.78, 5) is 45.4. The maximum Gasteiger partial charge on any atom is 0.303 e. The summed E-state index contributed by atoms with van der Waals surface area (Å²) in [6, 6.07) is 0. The summed E-state index contributed by atoms with van der Waals surface area (Å²) in [5.41, 5.74) is 10.7. The van der Waals surface area contributed by atoms with Gasteiger partial charge >= 0.3 is 17.9 Å². The van der Waals surface area contributed by atoms with Crippen molar-refractivity contribution in [1.82, 2.24) is 15.0 Å². The van der Waals surface area contributed by atoms with Crippen LogP contribution in [0.15, 0.2) is 0 Å². The van der Waals surface area contributed by atoms with Gasteiger partial charge in [0.15, 0.2) is 29.9 Å². The third kappa shape index (κ3) is 4.49. The molecule has 13 nitrogen and oxygen atoms in total. The van der Waals surface area contributed by atoms with Gasteiger partial charge in [-0.1, -0.05) is 5.21 Å². The first-order valence-corrected chi connectivity index (χ1v) is 7.75. The van der Waals surface area contributed by atoms with Crippen LogP contribution in [0, 0.1) is 0 Å². The molecule has 1 saturated heterocycles. The van der Waals surface area contributed by atoms with Crippen molar-refractivity contribution in [3.8, 4) is 0 Å². The van der Waals surface area contributed by atoms with E-state index in [1.54, 1.807) is 0 Å². The molecule has 2 heterocycles. The molecule has 0 unspecified atom stereocenters. The van der Waals surface area contributed by atoms with Crippen molar-refractivity contribution in [3.63, 3.8) is 0 Å². The summed E-state index contributed by atoms with van der Waals surface area (Å²) in [5.74, 6) is -3.14. The fourth-order valence-corrected chi connectivity index (χ4v) is 2.55. The zero-order valence-corrected chi connectivity index (χ0v) is 14.8. The molecule has 0 saturated carbocycles. The predicted molar refractivity (Wildman–Crippen MR) is 84.6 cm³/mol. The molecule has 1 amide bonds. The lowest BCUT2D eigenvalue weighted by atomic mass is 10.1. The van der Waals surface area contributed by atoms with Crippen molar-refractivity contribution in [2.45, 2.75) is 45.3 Å². The Labute approximate surface area is 152 Å². The largest absolute Gasteiger partial charge is 0.463 e. The van der Waals surface area contributed by atoms with E-state index in [4.69, 9.17) is 30.4 Å². The van der Waals surface area contributed by atoms with Gasteiger partial charge < -0.3 is 30.4 Å². The predicted octanol–water partition coefficient (Wildman–Crippen LogP) is -1.72. The van der Waals surface area contributed by atoms with E-state index in [9.17, 15) is 19.2 Å². The molecule has 148 valence electrons. The summed E-state index contributed by atoms with van der Waals surface area (Å²) in [5, 5.41) is 7.25. The minimum Gasteiger partial charge on any atom is -0.463 e. The lowest BCUT2D eigenvalue weighted by Gasteiger charge is -2.23. The minimum atomic E-state index is -1.21. The molecular weight excluding hydrogens is 366 g/mol. The van der Waals surface area contributed by atoms with Crippen molar-refractivity contribution in [2.24, 2.45) is 5.73 Å². The molecule has 1 aromatic heterocycles. The molecule has 0 spiro atoms. The van der Waals surface area contributed by atoms with Crippen molar-refractivity contribution >= 4 is 29.6 Å². The van der Waals surface area contributed by atoms with Gasteiger partial charge in [-0.05, 0) is 0 Å². The Bertz CT molecular complexity index is 763. The van der Waals surface area contributed by atoms with Gasteiger partial charge in [0.05, 0.1) is 0 Å². The molecule has 1 aliphatic heterocycles. The summed E-state index contributed by atoms with van der Waals surface area (Å²) >= 11 is 0. The van der Waals surface area contributed by atoms with Crippen LogP contribution in [0.3, 0.4) is 0 Å². The van der Waals surface area contributed by atoms with Crippen LogP contribution in [0.1, 0.15) is 37.5 Å². The molecule has 4 atom stereocenters. The molecule has 1 fully saturated rings. The van der Waals surface area contributed by atoms with E-state index < -0.39 is 48.4 Å². The van der Waals surface area contributed by atoms with Crippen molar-refractivity contribution in [1.29, 1.82) is 0 Å². The second-order valence-electron chi connectivity index (χ2n) is 5.65. The zero-order chi connectivity index (χ0) is 20.3. The van der Waals surface area contributed by atoms with Gasteiger partial charge in [-0.3, -0.25) is 19.2 Å². The molecule has 1 aliphatic rings. The summed E-state index contributed by atoms with van der Waals surface area (Å²) in [6.45, 7) is 3.18. The number of amides is 1. The molecule has 13 heteroatoms. The number of nitrogens with zero attached hydrogens (tertiary/aromatic N) is 3. The van der Waals surface area contributed by atoms with E-state index in [1.165, 1.54) is 6.92 Å². The number of rotatable bonds is 6. The van der Waals surface area contributed by atoms with Crippen LogP contribution in [-0.2, 0) is 33.3 Å². The first kappa shape index (κ1) is 20.1. The van der Waals surface area contributed by atoms with Crippen LogP contribution >= 0.6 is 0 Å². The second-order valence-corrected chi connectivity index (χ2v) is 5.65. The van der Waals surface area contributed by atoms with Crippen LogP contribution in [0.25, 0.3) is 0 Å². The molecule has 4 N–H and O–H groups in total. The molecule has 0 aliphatic carbocycles. The first-order chi connectivity index (χ1) is 12.6. The first-order valence-electron chi connectivity index (χ1n) is 7.75. The van der Waals surface area contributed by atoms with Crippen molar-refractivity contribution in [3.05, 3.63) is 5.69 Å². The summed E-state index contributed by atoms with van der Waals surface area (Å²) in [7, 11) is 0. The number of ether oxygens (including phenoxy) is 4. The Kier molecular flexibility index (Phi) is 5.95. The second kappa shape index (κ2) is 7.99. The van der Waals surface area contributed by atoms with Gasteiger partial charge in [0.25, 0.3) is 5.91 Å². The number of aromatic nitrogens is 3. The van der Waals surface area contributed by atoms with Gasteiger partial charge in [-0.15, -0.1) is 5.10 Å². The summed E-state index contributed by atoms with van der Waals surface area (Å²) in [6.07, 6.45) is -4.53. The molecule has 0 bridgehead atoms. The number of hydrogen-bond acceptors (Lipinski definition) is 11. The van der Waals surface area contributed by atoms with Gasteiger partial charge in [0.2, 0.25) is 0 Å². The van der Waals surface area contributed by atoms with Crippen molar-refractivity contribution < 1.29 is 38.1 Å². The number of nitrogens with two attached hydrogens (primary N) is 2. The number of primary amides is 1. The number of esters is 3. The SMILES string of the molecule is CC(=O)OC[C@H]1O[C@@H](n2nnc(C(N)=O)c2N)[C@H](OC(C)=O)[C@@H]1OC(C)=O. The number of carbonyl (C=O) groups is 4. The van der Waals surface area contributed by atoms with Crippen molar-refractivity contribution in [2.75, 3.05) is 12.3 Å². The minimum absolute atomic E-state index is 0.237. The van der Waals surface area contributed by atoms with Crippen LogP contribution in [0.4, 0.5) is 5.82 Å². The number of nitrogen functional groups attached to an aromatic ring is 1. The molecular formula is C14H19N5O8. The normalized spacial score (nSPS) is 24.3. The highest BCUT2D eigenvalue weighted by molar-refractivity contribution is 5.94. The average molecular weight is 385 g/mol. The quantitative estimate of drug-likeness (QED) is 0.419. The molecule has 1 aromatic rings. The number of anilines is 1. The topological polar surface area (TPSA) is 188 Å². The van der Waals surface area contributed by atoms with Crippen LogP contribution in [-0.4, -0.2) is 63.7 Å². The van der Waals surface area contributed by atoms with Gasteiger partial charge in [0.1, 0.15) is 12.7 Å². The van der Waals surface area contributed by atoms with E-state index in [1.807, 2.05) is 0 Å². The fourth-order valence-electron chi connectivity index (χ4n) is 2.55. The lowest BCUT2D eigenvalue weighted by Crippen LogP contribution is -2.40. The molecule has 0 radical (unpaired) electrons.